The average molecular weight is 339 g/mol. The molecule has 0 aromatic heterocycles. The molecule has 7 nitrogen and oxygen atoms in total. The van der Waals surface area contributed by atoms with Crippen LogP contribution in [0.25, 0.3) is 0 Å². The van der Waals surface area contributed by atoms with Gasteiger partial charge in [0, 0.05) is 17.8 Å². The molecule has 4 atom stereocenters. The van der Waals surface area contributed by atoms with Crippen LogP contribution in [0.5, 0.6) is 0 Å². The lowest BCUT2D eigenvalue weighted by molar-refractivity contribution is -0.120. The summed E-state index contributed by atoms with van der Waals surface area (Å²) < 4.78 is 11.7. The SMILES string of the molecule is C=C1NC(=O)C(C)=CN1[C@@H]1O[C@H](COC(C)C)C(NC(C)C)[C@@H]1O. The minimum Gasteiger partial charge on any atom is -0.387 e. The van der Waals surface area contributed by atoms with E-state index in [1.165, 1.54) is 0 Å². The Morgan fingerprint density at radius 3 is 2.71 bits per heavy atom. The van der Waals surface area contributed by atoms with Gasteiger partial charge in [0.25, 0.3) is 5.91 Å². The van der Waals surface area contributed by atoms with Crippen LogP contribution in [0.1, 0.15) is 34.6 Å². The Kier molecular flexibility index (Phi) is 6.03. The predicted molar refractivity (Wildman–Crippen MR) is 90.7 cm³/mol. The summed E-state index contributed by atoms with van der Waals surface area (Å²) in [5.41, 5.74) is 0.536. The number of ether oxygens (including phenoxy) is 2. The Morgan fingerprint density at radius 1 is 1.46 bits per heavy atom. The molecule has 0 spiro atoms. The van der Waals surface area contributed by atoms with Gasteiger partial charge in [-0.05, 0) is 20.8 Å². The van der Waals surface area contributed by atoms with E-state index in [1.54, 1.807) is 18.0 Å². The Bertz CT molecular complexity index is 518. The van der Waals surface area contributed by atoms with E-state index in [9.17, 15) is 9.90 Å². The first-order valence-corrected chi connectivity index (χ1v) is 8.39. The molecule has 7 heteroatoms. The number of rotatable bonds is 6. The third-order valence-electron chi connectivity index (χ3n) is 4.03. The highest BCUT2D eigenvalue weighted by molar-refractivity contribution is 5.94. The molecule has 136 valence electrons. The molecule has 1 unspecified atom stereocenters. The van der Waals surface area contributed by atoms with Crippen molar-refractivity contribution in [3.63, 3.8) is 0 Å². The van der Waals surface area contributed by atoms with E-state index in [0.717, 1.165) is 0 Å². The fraction of sp³-hybridized carbons (Fsp3) is 0.706. The van der Waals surface area contributed by atoms with E-state index in [2.05, 4.69) is 17.2 Å². The second-order valence-electron chi connectivity index (χ2n) is 6.91. The topological polar surface area (TPSA) is 83.1 Å². The molecule has 1 amide bonds. The van der Waals surface area contributed by atoms with Crippen molar-refractivity contribution >= 4 is 5.91 Å². The van der Waals surface area contributed by atoms with Crippen LogP contribution in [0.2, 0.25) is 0 Å². The number of aliphatic hydroxyl groups excluding tert-OH is 1. The molecular formula is C17H29N3O4. The number of carbonyl (C=O) groups excluding carboxylic acids is 1. The van der Waals surface area contributed by atoms with Crippen LogP contribution in [0, 0.1) is 0 Å². The molecule has 1 fully saturated rings. The maximum atomic E-state index is 11.7. The summed E-state index contributed by atoms with van der Waals surface area (Å²) in [6.07, 6.45) is 0.0199. The summed E-state index contributed by atoms with van der Waals surface area (Å²) >= 11 is 0. The van der Waals surface area contributed by atoms with Gasteiger partial charge in [0.05, 0.1) is 18.8 Å². The lowest BCUT2D eigenvalue weighted by Gasteiger charge is -2.34. The van der Waals surface area contributed by atoms with Gasteiger partial charge in [-0.25, -0.2) is 0 Å². The molecule has 0 radical (unpaired) electrons. The minimum atomic E-state index is -0.788. The third kappa shape index (κ3) is 4.16. The number of nitrogens with zero attached hydrogens (tertiary/aromatic N) is 1. The molecule has 0 saturated carbocycles. The quantitative estimate of drug-likeness (QED) is 0.660. The molecule has 3 N–H and O–H groups in total. The third-order valence-corrected chi connectivity index (χ3v) is 4.03. The smallest absolute Gasteiger partial charge is 0.253 e. The number of hydrogen-bond donors (Lipinski definition) is 3. The highest BCUT2D eigenvalue weighted by atomic mass is 16.6. The fourth-order valence-electron chi connectivity index (χ4n) is 2.86. The molecule has 0 aromatic rings. The Balaban J connectivity index is 2.18. The van der Waals surface area contributed by atoms with Crippen LogP contribution >= 0.6 is 0 Å². The predicted octanol–water partition coefficient (Wildman–Crippen LogP) is 0.671. The van der Waals surface area contributed by atoms with E-state index < -0.39 is 12.3 Å². The first-order valence-electron chi connectivity index (χ1n) is 8.39. The van der Waals surface area contributed by atoms with Crippen molar-refractivity contribution in [2.45, 2.75) is 71.2 Å². The number of hydrogen-bond acceptors (Lipinski definition) is 6. The fourth-order valence-corrected chi connectivity index (χ4v) is 2.86. The van der Waals surface area contributed by atoms with Crippen molar-refractivity contribution < 1.29 is 19.4 Å². The number of nitrogens with one attached hydrogen (secondary N) is 2. The first kappa shape index (κ1) is 18.9. The van der Waals surface area contributed by atoms with Crippen molar-refractivity contribution in [1.82, 2.24) is 15.5 Å². The van der Waals surface area contributed by atoms with Gasteiger partial charge in [0.15, 0.2) is 6.23 Å². The van der Waals surface area contributed by atoms with Crippen molar-refractivity contribution in [3.8, 4) is 0 Å². The largest absolute Gasteiger partial charge is 0.387 e. The molecule has 2 heterocycles. The maximum Gasteiger partial charge on any atom is 0.253 e. The summed E-state index contributed by atoms with van der Waals surface area (Å²) in [5, 5.41) is 16.8. The normalized spacial score (nSPS) is 31.0. The summed E-state index contributed by atoms with van der Waals surface area (Å²) in [4.78, 5) is 13.4. The lowest BCUT2D eigenvalue weighted by Crippen LogP contribution is -2.52. The Labute approximate surface area is 143 Å². The minimum absolute atomic E-state index is 0.0795. The van der Waals surface area contributed by atoms with Crippen molar-refractivity contribution in [1.29, 1.82) is 0 Å². The number of carbonyl (C=O) groups is 1. The lowest BCUT2D eigenvalue weighted by atomic mass is 10.1. The molecule has 2 aliphatic rings. The van der Waals surface area contributed by atoms with Crippen molar-refractivity contribution in [2.75, 3.05) is 6.61 Å². The average Bonchev–Trinajstić information content (AvgIpc) is 2.77. The molecular weight excluding hydrogens is 310 g/mol. The van der Waals surface area contributed by atoms with Gasteiger partial charge in [0.2, 0.25) is 0 Å². The second-order valence-corrected chi connectivity index (χ2v) is 6.91. The van der Waals surface area contributed by atoms with E-state index >= 15 is 0 Å². The van der Waals surface area contributed by atoms with Gasteiger partial charge in [0.1, 0.15) is 18.0 Å². The zero-order chi connectivity index (χ0) is 18.0. The summed E-state index contributed by atoms with van der Waals surface area (Å²) in [6.45, 7) is 13.9. The highest BCUT2D eigenvalue weighted by Gasteiger charge is 2.47. The van der Waals surface area contributed by atoms with Gasteiger partial charge in [-0.3, -0.25) is 4.79 Å². The molecule has 0 aliphatic carbocycles. The molecule has 2 aliphatic heterocycles. The van der Waals surface area contributed by atoms with Crippen molar-refractivity contribution in [2.24, 2.45) is 0 Å². The number of aliphatic hydroxyl groups is 1. The van der Waals surface area contributed by atoms with Gasteiger partial charge >= 0.3 is 0 Å². The van der Waals surface area contributed by atoms with Gasteiger partial charge in [-0.1, -0.05) is 20.4 Å². The molecule has 1 saturated heterocycles. The van der Waals surface area contributed by atoms with Gasteiger partial charge < -0.3 is 30.1 Å². The summed E-state index contributed by atoms with van der Waals surface area (Å²) in [7, 11) is 0. The Morgan fingerprint density at radius 2 is 2.12 bits per heavy atom. The van der Waals surface area contributed by atoms with E-state index in [0.29, 0.717) is 18.0 Å². The van der Waals surface area contributed by atoms with Crippen molar-refractivity contribution in [3.05, 3.63) is 24.2 Å². The van der Waals surface area contributed by atoms with E-state index in [-0.39, 0.29) is 30.2 Å². The zero-order valence-corrected chi connectivity index (χ0v) is 15.1. The first-order chi connectivity index (χ1) is 11.2. The van der Waals surface area contributed by atoms with Crippen LogP contribution in [-0.2, 0) is 14.3 Å². The zero-order valence-electron chi connectivity index (χ0n) is 15.1. The van der Waals surface area contributed by atoms with Crippen LogP contribution < -0.4 is 10.6 Å². The van der Waals surface area contributed by atoms with Gasteiger partial charge in [-0.15, -0.1) is 0 Å². The Hall–Kier alpha value is -1.41. The van der Waals surface area contributed by atoms with Crippen LogP contribution in [0.4, 0.5) is 0 Å². The van der Waals surface area contributed by atoms with Crippen LogP contribution in [-0.4, -0.2) is 59.1 Å². The van der Waals surface area contributed by atoms with Crippen LogP contribution in [0.15, 0.2) is 24.2 Å². The molecule has 0 aromatic carbocycles. The van der Waals surface area contributed by atoms with Gasteiger partial charge in [-0.2, -0.15) is 0 Å². The van der Waals surface area contributed by atoms with Crippen LogP contribution in [0.3, 0.4) is 0 Å². The summed E-state index contributed by atoms with van der Waals surface area (Å²) in [5.74, 6) is 0.198. The van der Waals surface area contributed by atoms with E-state index in [1.807, 2.05) is 27.7 Å². The highest BCUT2D eigenvalue weighted by Crippen LogP contribution is 2.29. The standard InChI is InChI=1S/C17H29N3O4/c1-9(2)18-14-13(8-23-10(3)4)24-17(15(14)21)20-7-11(5)16(22)19-12(20)6/h7,9-10,13-15,17-18,21H,6,8H2,1-5H3,(H,19,22)/t13-,14?,15+,17-/m1/s1. The number of amides is 1. The molecule has 24 heavy (non-hydrogen) atoms. The van der Waals surface area contributed by atoms with E-state index in [4.69, 9.17) is 9.47 Å². The molecule has 2 rings (SSSR count). The summed E-state index contributed by atoms with van der Waals surface area (Å²) in [6, 6.07) is -0.0806. The second kappa shape index (κ2) is 7.65. The maximum absolute atomic E-state index is 11.7. The molecule has 0 bridgehead atoms. The monoisotopic (exact) mass is 339 g/mol.